The molecule has 0 aliphatic carbocycles. The van der Waals surface area contributed by atoms with Gasteiger partial charge in [0, 0.05) is 48.2 Å². The molecule has 4 N–H and O–H groups in total. The van der Waals surface area contributed by atoms with E-state index in [1.165, 1.54) is 6.20 Å². The van der Waals surface area contributed by atoms with Crippen LogP contribution in [0.3, 0.4) is 0 Å². The molecule has 0 saturated heterocycles. The summed E-state index contributed by atoms with van der Waals surface area (Å²) in [6.07, 6.45) is 3.17. The number of aromatic amines is 1. The number of nitrogens with zero attached hydrogens (tertiary/aromatic N) is 2. The van der Waals surface area contributed by atoms with Gasteiger partial charge in [0.05, 0.1) is 16.9 Å². The maximum absolute atomic E-state index is 13.5. The first-order chi connectivity index (χ1) is 13.9. The quantitative estimate of drug-likeness (QED) is 0.467. The molecule has 0 radical (unpaired) electrons. The van der Waals surface area contributed by atoms with Crippen molar-refractivity contribution in [1.82, 2.24) is 9.97 Å². The molecule has 2 heterocycles. The first kappa shape index (κ1) is 18.4. The molecule has 0 spiro atoms. The van der Waals surface area contributed by atoms with E-state index in [9.17, 15) is 13.6 Å². The fraction of sp³-hybridized carbons (Fsp3) is 0.0476. The van der Waals surface area contributed by atoms with Crippen molar-refractivity contribution in [1.29, 1.82) is 0 Å². The number of primary amides is 1. The molecule has 0 unspecified atom stereocenters. The highest BCUT2D eigenvalue weighted by Crippen LogP contribution is 2.34. The maximum atomic E-state index is 13.5. The van der Waals surface area contributed by atoms with E-state index in [0.29, 0.717) is 11.5 Å². The van der Waals surface area contributed by atoms with Gasteiger partial charge in [-0.05, 0) is 30.3 Å². The molecule has 2 aromatic carbocycles. The minimum absolute atomic E-state index is 0.197. The summed E-state index contributed by atoms with van der Waals surface area (Å²) in [6, 6.07) is 12.4. The van der Waals surface area contributed by atoms with E-state index in [-0.39, 0.29) is 11.3 Å². The SMILES string of the molecule is CN(c1cc(Nc2cc(F)cc(F)c2)ncc1C(N)=O)c1cccc2[nH]ccc12. The number of pyridine rings is 1. The molecule has 0 aliphatic rings. The van der Waals surface area contributed by atoms with Crippen molar-refractivity contribution in [3.63, 3.8) is 0 Å². The molecular formula is C21H17F2N5O. The Bertz CT molecular complexity index is 1200. The number of aromatic nitrogens is 2. The number of rotatable bonds is 5. The minimum atomic E-state index is -0.710. The van der Waals surface area contributed by atoms with Crippen LogP contribution in [0.5, 0.6) is 0 Å². The summed E-state index contributed by atoms with van der Waals surface area (Å²) in [7, 11) is 1.80. The fourth-order valence-corrected chi connectivity index (χ4v) is 3.25. The number of hydrogen-bond donors (Lipinski definition) is 3. The number of carbonyl (C=O) groups excluding carboxylic acids is 1. The first-order valence-corrected chi connectivity index (χ1v) is 8.75. The number of nitrogens with one attached hydrogen (secondary N) is 2. The van der Waals surface area contributed by atoms with Gasteiger partial charge in [-0.15, -0.1) is 0 Å². The first-order valence-electron chi connectivity index (χ1n) is 8.75. The van der Waals surface area contributed by atoms with Crippen LogP contribution in [0.15, 0.2) is 60.9 Å². The molecule has 8 heteroatoms. The van der Waals surface area contributed by atoms with Gasteiger partial charge >= 0.3 is 0 Å². The van der Waals surface area contributed by atoms with Gasteiger partial charge in [0.1, 0.15) is 17.5 Å². The molecule has 0 fully saturated rings. The number of benzene rings is 2. The molecule has 6 nitrogen and oxygen atoms in total. The Balaban J connectivity index is 1.77. The average Bonchev–Trinajstić information content (AvgIpc) is 3.15. The summed E-state index contributed by atoms with van der Waals surface area (Å²) in [6.45, 7) is 0. The molecule has 29 heavy (non-hydrogen) atoms. The van der Waals surface area contributed by atoms with Crippen LogP contribution in [0.1, 0.15) is 10.4 Å². The second-order valence-corrected chi connectivity index (χ2v) is 6.51. The van der Waals surface area contributed by atoms with Gasteiger partial charge < -0.3 is 20.9 Å². The Morgan fingerprint density at radius 1 is 1.10 bits per heavy atom. The van der Waals surface area contributed by atoms with Gasteiger partial charge in [-0.25, -0.2) is 13.8 Å². The average molecular weight is 393 g/mol. The van der Waals surface area contributed by atoms with Crippen molar-refractivity contribution in [2.75, 3.05) is 17.3 Å². The summed E-state index contributed by atoms with van der Waals surface area (Å²) in [5, 5.41) is 3.82. The van der Waals surface area contributed by atoms with Gasteiger partial charge in [0.25, 0.3) is 5.91 Å². The predicted octanol–water partition coefficient (Wildman–Crippen LogP) is 4.45. The minimum Gasteiger partial charge on any atom is -0.365 e. The third-order valence-corrected chi connectivity index (χ3v) is 4.58. The molecule has 146 valence electrons. The molecule has 1 amide bonds. The molecule has 0 aliphatic heterocycles. The highest BCUT2D eigenvalue weighted by molar-refractivity contribution is 6.02. The van der Waals surface area contributed by atoms with E-state index in [2.05, 4.69) is 15.3 Å². The Kier molecular flexibility index (Phi) is 4.59. The number of H-pyrrole nitrogens is 1. The molecule has 4 aromatic rings. The van der Waals surface area contributed by atoms with Crippen molar-refractivity contribution in [2.24, 2.45) is 5.73 Å². The summed E-state index contributed by atoms with van der Waals surface area (Å²) >= 11 is 0. The smallest absolute Gasteiger partial charge is 0.252 e. The fourth-order valence-electron chi connectivity index (χ4n) is 3.25. The zero-order chi connectivity index (χ0) is 20.5. The molecule has 0 atom stereocenters. The highest BCUT2D eigenvalue weighted by Gasteiger charge is 2.17. The zero-order valence-electron chi connectivity index (χ0n) is 15.4. The van der Waals surface area contributed by atoms with Crippen LogP contribution in [0.2, 0.25) is 0 Å². The van der Waals surface area contributed by atoms with Crippen molar-refractivity contribution in [3.05, 3.63) is 78.1 Å². The zero-order valence-corrected chi connectivity index (χ0v) is 15.4. The van der Waals surface area contributed by atoms with Crippen LogP contribution in [-0.2, 0) is 0 Å². The normalized spacial score (nSPS) is 10.9. The lowest BCUT2D eigenvalue weighted by Gasteiger charge is -2.23. The molecule has 0 saturated carbocycles. The van der Waals surface area contributed by atoms with E-state index < -0.39 is 17.5 Å². The third-order valence-electron chi connectivity index (χ3n) is 4.58. The number of anilines is 4. The standard InChI is InChI=1S/C21H17F2N5O/c1-28(18-4-2-3-17-15(18)5-6-25-17)19-10-20(26-11-16(19)21(24)29)27-14-8-12(22)7-13(23)9-14/h2-11,25H,1H3,(H2,24,29)(H,26,27). The largest absolute Gasteiger partial charge is 0.365 e. The van der Waals surface area contributed by atoms with Gasteiger partial charge in [0.2, 0.25) is 0 Å². The lowest BCUT2D eigenvalue weighted by Crippen LogP contribution is -2.19. The van der Waals surface area contributed by atoms with E-state index in [1.54, 1.807) is 13.1 Å². The number of nitrogens with two attached hydrogens (primary N) is 1. The molecular weight excluding hydrogens is 376 g/mol. The van der Waals surface area contributed by atoms with Crippen molar-refractivity contribution in [2.45, 2.75) is 0 Å². The van der Waals surface area contributed by atoms with Gasteiger partial charge in [-0.1, -0.05) is 6.07 Å². The Morgan fingerprint density at radius 3 is 2.59 bits per heavy atom. The van der Waals surface area contributed by atoms with Crippen LogP contribution in [0.4, 0.5) is 31.7 Å². The Morgan fingerprint density at radius 2 is 1.86 bits per heavy atom. The van der Waals surface area contributed by atoms with Crippen molar-refractivity contribution < 1.29 is 13.6 Å². The van der Waals surface area contributed by atoms with Crippen LogP contribution < -0.4 is 16.0 Å². The number of halogens is 2. The number of amides is 1. The summed E-state index contributed by atoms with van der Waals surface area (Å²) in [5.41, 5.74) is 8.24. The van der Waals surface area contributed by atoms with Gasteiger partial charge in [-0.3, -0.25) is 4.79 Å². The van der Waals surface area contributed by atoms with Crippen LogP contribution >= 0.6 is 0 Å². The summed E-state index contributed by atoms with van der Waals surface area (Å²) < 4.78 is 26.9. The number of carbonyl (C=O) groups is 1. The van der Waals surface area contributed by atoms with Gasteiger partial charge in [0.15, 0.2) is 0 Å². The van der Waals surface area contributed by atoms with Crippen LogP contribution in [0.25, 0.3) is 10.9 Å². The molecule has 2 aromatic heterocycles. The lowest BCUT2D eigenvalue weighted by atomic mass is 10.1. The van der Waals surface area contributed by atoms with E-state index in [4.69, 9.17) is 5.73 Å². The number of fused-ring (bicyclic) bond motifs is 1. The second kappa shape index (κ2) is 7.23. The van der Waals surface area contributed by atoms with Crippen LogP contribution in [0, 0.1) is 11.6 Å². The second-order valence-electron chi connectivity index (χ2n) is 6.51. The topological polar surface area (TPSA) is 87.0 Å². The molecule has 4 rings (SSSR count). The highest BCUT2D eigenvalue weighted by atomic mass is 19.1. The summed E-state index contributed by atoms with van der Waals surface area (Å²) in [4.78, 5) is 21.1. The maximum Gasteiger partial charge on any atom is 0.252 e. The molecule has 0 bridgehead atoms. The van der Waals surface area contributed by atoms with E-state index in [1.807, 2.05) is 35.4 Å². The third kappa shape index (κ3) is 3.60. The van der Waals surface area contributed by atoms with E-state index in [0.717, 1.165) is 34.8 Å². The summed E-state index contributed by atoms with van der Waals surface area (Å²) in [5.74, 6) is -1.75. The lowest BCUT2D eigenvalue weighted by molar-refractivity contribution is 0.100. The Labute approximate surface area is 165 Å². The predicted molar refractivity (Wildman–Crippen MR) is 109 cm³/mol. The number of hydrogen-bond acceptors (Lipinski definition) is 4. The monoisotopic (exact) mass is 393 g/mol. The Hall–Kier alpha value is -3.94. The van der Waals surface area contributed by atoms with Gasteiger partial charge in [-0.2, -0.15) is 0 Å². The van der Waals surface area contributed by atoms with Crippen molar-refractivity contribution >= 4 is 39.7 Å². The van der Waals surface area contributed by atoms with Crippen LogP contribution in [-0.4, -0.2) is 22.9 Å². The van der Waals surface area contributed by atoms with E-state index >= 15 is 0 Å². The van der Waals surface area contributed by atoms with Crippen molar-refractivity contribution in [3.8, 4) is 0 Å².